The standard InChI is InChI=1S/C20H24FN3O3S/c1-15-14-27-19-8-4-7-18(20(19)28(25,26)22-15)24-11-9-23(10-12-24)13-16-5-2-3-6-17(16)21/h2-8,15,22H,9-14H2,1H3/t15-/m0/s1. The first-order valence-corrected chi connectivity index (χ1v) is 10.9. The predicted octanol–water partition coefficient (Wildman–Crippen LogP) is 2.21. The van der Waals surface area contributed by atoms with Gasteiger partial charge in [-0.1, -0.05) is 24.3 Å². The van der Waals surface area contributed by atoms with E-state index in [1.165, 1.54) is 6.07 Å². The van der Waals surface area contributed by atoms with Gasteiger partial charge in [-0.05, 0) is 25.1 Å². The Balaban J connectivity index is 1.52. The summed E-state index contributed by atoms with van der Waals surface area (Å²) in [5.41, 5.74) is 1.34. The third kappa shape index (κ3) is 3.85. The smallest absolute Gasteiger partial charge is 0.246 e. The van der Waals surface area contributed by atoms with Gasteiger partial charge in [-0.15, -0.1) is 0 Å². The molecule has 1 N–H and O–H groups in total. The molecule has 2 aliphatic rings. The molecule has 2 aromatic carbocycles. The monoisotopic (exact) mass is 405 g/mol. The van der Waals surface area contributed by atoms with Gasteiger partial charge in [0.2, 0.25) is 10.0 Å². The van der Waals surface area contributed by atoms with Crippen molar-refractivity contribution in [3.05, 3.63) is 53.8 Å². The van der Waals surface area contributed by atoms with Crippen LogP contribution in [-0.2, 0) is 16.6 Å². The zero-order valence-corrected chi connectivity index (χ0v) is 16.6. The molecule has 1 fully saturated rings. The first-order valence-electron chi connectivity index (χ1n) is 9.43. The molecule has 6 nitrogen and oxygen atoms in total. The van der Waals surface area contributed by atoms with E-state index in [1.54, 1.807) is 25.1 Å². The Kier molecular flexibility index (Phi) is 5.27. The molecule has 0 bridgehead atoms. The summed E-state index contributed by atoms with van der Waals surface area (Å²) in [6.45, 7) is 5.40. The van der Waals surface area contributed by atoms with Crippen molar-refractivity contribution < 1.29 is 17.5 Å². The number of benzene rings is 2. The van der Waals surface area contributed by atoms with Gasteiger partial charge < -0.3 is 9.64 Å². The van der Waals surface area contributed by atoms with E-state index in [-0.39, 0.29) is 16.8 Å². The Labute approximate surface area is 165 Å². The molecule has 0 spiro atoms. The van der Waals surface area contributed by atoms with E-state index in [4.69, 9.17) is 4.74 Å². The zero-order valence-electron chi connectivity index (χ0n) is 15.8. The van der Waals surface area contributed by atoms with E-state index in [9.17, 15) is 12.8 Å². The van der Waals surface area contributed by atoms with Crippen LogP contribution in [0.1, 0.15) is 12.5 Å². The molecule has 150 valence electrons. The SMILES string of the molecule is C[C@H]1COc2cccc(N3CCN(Cc4ccccc4F)CC3)c2S(=O)(=O)N1. The number of nitrogens with one attached hydrogen (secondary N) is 1. The maximum absolute atomic E-state index is 13.9. The summed E-state index contributed by atoms with van der Waals surface area (Å²) in [5.74, 6) is 0.199. The van der Waals surface area contributed by atoms with Gasteiger partial charge in [0, 0.05) is 38.3 Å². The minimum atomic E-state index is -3.66. The minimum absolute atomic E-state index is 0.193. The summed E-state index contributed by atoms with van der Waals surface area (Å²) in [7, 11) is -3.66. The summed E-state index contributed by atoms with van der Waals surface area (Å²) in [4.78, 5) is 4.46. The van der Waals surface area contributed by atoms with Crippen LogP contribution in [0, 0.1) is 5.82 Å². The summed E-state index contributed by atoms with van der Waals surface area (Å²) in [6, 6.07) is 11.9. The average Bonchev–Trinajstić information content (AvgIpc) is 2.79. The minimum Gasteiger partial charge on any atom is -0.490 e. The highest BCUT2D eigenvalue weighted by molar-refractivity contribution is 7.89. The fourth-order valence-corrected chi connectivity index (χ4v) is 5.30. The number of hydrogen-bond acceptors (Lipinski definition) is 5. The molecule has 0 unspecified atom stereocenters. The van der Waals surface area contributed by atoms with Gasteiger partial charge in [0.15, 0.2) is 0 Å². The number of nitrogens with zero attached hydrogens (tertiary/aromatic N) is 2. The second-order valence-corrected chi connectivity index (χ2v) is 8.94. The third-order valence-electron chi connectivity index (χ3n) is 5.14. The van der Waals surface area contributed by atoms with E-state index in [2.05, 4.69) is 14.5 Å². The molecule has 0 aromatic heterocycles. The van der Waals surface area contributed by atoms with Crippen molar-refractivity contribution in [2.45, 2.75) is 24.4 Å². The molecular weight excluding hydrogens is 381 g/mol. The van der Waals surface area contributed by atoms with E-state index in [0.29, 0.717) is 43.2 Å². The van der Waals surface area contributed by atoms with Crippen LogP contribution in [0.15, 0.2) is 47.4 Å². The number of rotatable bonds is 3. The lowest BCUT2D eigenvalue weighted by Gasteiger charge is -2.37. The first kappa shape index (κ1) is 19.2. The molecule has 0 aliphatic carbocycles. The molecular formula is C20H24FN3O3S. The Bertz CT molecular complexity index is 959. The fourth-order valence-electron chi connectivity index (χ4n) is 3.72. The van der Waals surface area contributed by atoms with Crippen molar-refractivity contribution in [2.75, 3.05) is 37.7 Å². The zero-order chi connectivity index (χ0) is 19.7. The maximum Gasteiger partial charge on any atom is 0.246 e. The summed E-state index contributed by atoms with van der Waals surface area (Å²) < 4.78 is 48.0. The fraction of sp³-hybridized carbons (Fsp3) is 0.400. The second kappa shape index (κ2) is 7.69. The van der Waals surface area contributed by atoms with Crippen LogP contribution in [-0.4, -0.2) is 52.1 Å². The van der Waals surface area contributed by atoms with Gasteiger partial charge in [0.1, 0.15) is 23.1 Å². The van der Waals surface area contributed by atoms with Gasteiger partial charge in [-0.3, -0.25) is 4.90 Å². The summed E-state index contributed by atoms with van der Waals surface area (Å²) in [5, 5.41) is 0. The Morgan fingerprint density at radius 3 is 2.61 bits per heavy atom. The molecule has 1 saturated heterocycles. The summed E-state index contributed by atoms with van der Waals surface area (Å²) >= 11 is 0. The molecule has 0 saturated carbocycles. The lowest BCUT2D eigenvalue weighted by molar-refractivity contribution is 0.246. The first-order chi connectivity index (χ1) is 13.4. The molecule has 1 atom stereocenters. The average molecular weight is 405 g/mol. The van der Waals surface area contributed by atoms with Crippen LogP contribution in [0.5, 0.6) is 5.75 Å². The Hall–Kier alpha value is -2.16. The Morgan fingerprint density at radius 1 is 1.11 bits per heavy atom. The molecule has 4 rings (SSSR count). The number of fused-ring (bicyclic) bond motifs is 1. The molecule has 2 heterocycles. The van der Waals surface area contributed by atoms with Crippen molar-refractivity contribution >= 4 is 15.7 Å². The highest BCUT2D eigenvalue weighted by atomic mass is 32.2. The molecule has 2 aromatic rings. The van der Waals surface area contributed by atoms with Crippen LogP contribution >= 0.6 is 0 Å². The second-order valence-electron chi connectivity index (χ2n) is 7.29. The number of ether oxygens (including phenoxy) is 1. The molecule has 28 heavy (non-hydrogen) atoms. The topological polar surface area (TPSA) is 61.9 Å². The molecule has 8 heteroatoms. The van der Waals surface area contributed by atoms with Crippen LogP contribution < -0.4 is 14.4 Å². The van der Waals surface area contributed by atoms with Crippen molar-refractivity contribution in [1.82, 2.24) is 9.62 Å². The largest absolute Gasteiger partial charge is 0.490 e. The van der Waals surface area contributed by atoms with Crippen LogP contribution in [0.4, 0.5) is 10.1 Å². The van der Waals surface area contributed by atoms with E-state index in [1.807, 2.05) is 18.2 Å². The van der Waals surface area contributed by atoms with Crippen LogP contribution in [0.3, 0.4) is 0 Å². The van der Waals surface area contributed by atoms with E-state index < -0.39 is 10.0 Å². The summed E-state index contributed by atoms with van der Waals surface area (Å²) in [6.07, 6.45) is 0. The van der Waals surface area contributed by atoms with Gasteiger partial charge in [0.05, 0.1) is 11.7 Å². The van der Waals surface area contributed by atoms with Crippen molar-refractivity contribution in [3.63, 3.8) is 0 Å². The van der Waals surface area contributed by atoms with Gasteiger partial charge in [-0.25, -0.2) is 17.5 Å². The molecule has 0 radical (unpaired) electrons. The highest BCUT2D eigenvalue weighted by Gasteiger charge is 2.32. The quantitative estimate of drug-likeness (QED) is 0.848. The number of hydrogen-bond donors (Lipinski definition) is 1. The van der Waals surface area contributed by atoms with E-state index in [0.717, 1.165) is 13.1 Å². The number of anilines is 1. The Morgan fingerprint density at radius 2 is 1.86 bits per heavy atom. The number of halogens is 1. The van der Waals surface area contributed by atoms with Crippen molar-refractivity contribution in [1.29, 1.82) is 0 Å². The van der Waals surface area contributed by atoms with Crippen LogP contribution in [0.2, 0.25) is 0 Å². The predicted molar refractivity (Wildman–Crippen MR) is 106 cm³/mol. The van der Waals surface area contributed by atoms with Gasteiger partial charge >= 0.3 is 0 Å². The van der Waals surface area contributed by atoms with Crippen molar-refractivity contribution in [2.24, 2.45) is 0 Å². The lowest BCUT2D eigenvalue weighted by atomic mass is 10.1. The highest BCUT2D eigenvalue weighted by Crippen LogP contribution is 2.36. The third-order valence-corrected chi connectivity index (χ3v) is 6.80. The van der Waals surface area contributed by atoms with Crippen LogP contribution in [0.25, 0.3) is 0 Å². The lowest BCUT2D eigenvalue weighted by Crippen LogP contribution is -2.46. The maximum atomic E-state index is 13.9. The normalized spacial score (nSPS) is 22.2. The number of sulfonamides is 1. The molecule has 0 amide bonds. The number of piperazine rings is 1. The molecule has 2 aliphatic heterocycles. The van der Waals surface area contributed by atoms with Gasteiger partial charge in [-0.2, -0.15) is 0 Å². The van der Waals surface area contributed by atoms with Gasteiger partial charge in [0.25, 0.3) is 0 Å². The van der Waals surface area contributed by atoms with E-state index >= 15 is 0 Å². The van der Waals surface area contributed by atoms with Crippen molar-refractivity contribution in [3.8, 4) is 5.75 Å².